The number of carbonyl (C=O) groups excluding carboxylic acids is 1. The summed E-state index contributed by atoms with van der Waals surface area (Å²) in [6.45, 7) is 3.96. The molecular weight excluding hydrogens is 352 g/mol. The Morgan fingerprint density at radius 2 is 1.92 bits per heavy atom. The van der Waals surface area contributed by atoms with E-state index in [4.69, 9.17) is 0 Å². The van der Waals surface area contributed by atoms with E-state index in [-0.39, 0.29) is 23.9 Å². The van der Waals surface area contributed by atoms with Gasteiger partial charge in [0.2, 0.25) is 10.0 Å². The van der Waals surface area contributed by atoms with Gasteiger partial charge >= 0.3 is 0 Å². The van der Waals surface area contributed by atoms with Crippen molar-refractivity contribution in [3.63, 3.8) is 0 Å². The number of nitrogens with zero attached hydrogens (tertiary/aromatic N) is 1. The van der Waals surface area contributed by atoms with Gasteiger partial charge < -0.3 is 10.3 Å². The van der Waals surface area contributed by atoms with Gasteiger partial charge in [-0.25, -0.2) is 18.1 Å². The molecule has 8 heteroatoms. The van der Waals surface area contributed by atoms with E-state index < -0.39 is 10.0 Å². The number of benzene rings is 2. The van der Waals surface area contributed by atoms with E-state index in [1.165, 1.54) is 0 Å². The van der Waals surface area contributed by atoms with Gasteiger partial charge in [-0.2, -0.15) is 0 Å². The summed E-state index contributed by atoms with van der Waals surface area (Å²) in [4.78, 5) is 19.5. The van der Waals surface area contributed by atoms with Gasteiger partial charge in [-0.1, -0.05) is 17.7 Å². The number of rotatable bonds is 6. The average Bonchev–Trinajstić information content (AvgIpc) is 3.05. The largest absolute Gasteiger partial charge is 0.351 e. The van der Waals surface area contributed by atoms with E-state index in [1.807, 2.05) is 13.0 Å². The Morgan fingerprint density at radius 3 is 2.69 bits per heavy atom. The van der Waals surface area contributed by atoms with Crippen LogP contribution in [0.5, 0.6) is 0 Å². The zero-order valence-electron chi connectivity index (χ0n) is 14.5. The van der Waals surface area contributed by atoms with Crippen LogP contribution >= 0.6 is 0 Å². The number of hydrogen-bond acceptors (Lipinski definition) is 4. The highest BCUT2D eigenvalue weighted by Gasteiger charge is 2.16. The van der Waals surface area contributed by atoms with Crippen molar-refractivity contribution >= 4 is 27.0 Å². The van der Waals surface area contributed by atoms with E-state index in [1.54, 1.807) is 43.6 Å². The summed E-state index contributed by atoms with van der Waals surface area (Å²) in [6.07, 6.45) is 1.56. The number of H-pyrrole nitrogens is 1. The summed E-state index contributed by atoms with van der Waals surface area (Å²) in [5, 5.41) is 2.70. The number of carbonyl (C=O) groups is 1. The average molecular weight is 372 g/mol. The van der Waals surface area contributed by atoms with Crippen LogP contribution in [0.4, 0.5) is 0 Å². The van der Waals surface area contributed by atoms with Crippen LogP contribution in [-0.2, 0) is 10.0 Å². The molecule has 0 aliphatic carbocycles. The topological polar surface area (TPSA) is 104 Å². The van der Waals surface area contributed by atoms with Crippen molar-refractivity contribution in [3.8, 4) is 0 Å². The maximum atomic E-state index is 12.4. The molecule has 26 heavy (non-hydrogen) atoms. The van der Waals surface area contributed by atoms with Crippen LogP contribution in [0, 0.1) is 13.8 Å². The maximum absolute atomic E-state index is 12.4. The third-order valence-electron chi connectivity index (χ3n) is 4.01. The number of aromatic amines is 1. The first-order chi connectivity index (χ1) is 12.4. The van der Waals surface area contributed by atoms with Gasteiger partial charge in [-0.15, -0.1) is 0 Å². The summed E-state index contributed by atoms with van der Waals surface area (Å²) in [6, 6.07) is 10.3. The Bertz CT molecular complexity index is 1060. The molecule has 3 N–H and O–H groups in total. The van der Waals surface area contributed by atoms with Crippen LogP contribution < -0.4 is 10.0 Å². The highest BCUT2D eigenvalue weighted by molar-refractivity contribution is 7.89. The molecule has 0 aliphatic rings. The second-order valence-corrected chi connectivity index (χ2v) is 7.79. The Hall–Kier alpha value is -2.71. The summed E-state index contributed by atoms with van der Waals surface area (Å²) >= 11 is 0. The normalized spacial score (nSPS) is 11.6. The van der Waals surface area contributed by atoms with Gasteiger partial charge in [-0.05, 0) is 43.7 Å². The Balaban J connectivity index is 1.56. The van der Waals surface area contributed by atoms with Crippen LogP contribution in [0.3, 0.4) is 0 Å². The minimum absolute atomic E-state index is 0.105. The lowest BCUT2D eigenvalue weighted by atomic mass is 10.2. The number of nitrogens with one attached hydrogen (secondary N) is 3. The number of aryl methyl sites for hydroxylation is 2. The molecule has 0 saturated carbocycles. The van der Waals surface area contributed by atoms with Gasteiger partial charge in [0.15, 0.2) is 0 Å². The molecule has 136 valence electrons. The zero-order valence-corrected chi connectivity index (χ0v) is 15.4. The number of fused-ring (bicyclic) bond motifs is 1. The Morgan fingerprint density at radius 1 is 1.12 bits per heavy atom. The second kappa shape index (κ2) is 7.27. The maximum Gasteiger partial charge on any atom is 0.251 e. The summed E-state index contributed by atoms with van der Waals surface area (Å²) in [5.74, 6) is -0.271. The number of imidazole rings is 1. The molecule has 3 rings (SSSR count). The fourth-order valence-electron chi connectivity index (χ4n) is 2.72. The molecule has 0 spiro atoms. The van der Waals surface area contributed by atoms with Crippen molar-refractivity contribution < 1.29 is 13.2 Å². The zero-order chi connectivity index (χ0) is 18.7. The first-order valence-corrected chi connectivity index (χ1v) is 9.63. The third-order valence-corrected chi connectivity index (χ3v) is 5.63. The third kappa shape index (κ3) is 3.92. The highest BCUT2D eigenvalue weighted by atomic mass is 32.2. The fourth-order valence-corrected chi connectivity index (χ4v) is 3.98. The van der Waals surface area contributed by atoms with E-state index in [9.17, 15) is 13.2 Å². The molecule has 0 fully saturated rings. The highest BCUT2D eigenvalue weighted by Crippen LogP contribution is 2.16. The number of aromatic nitrogens is 2. The summed E-state index contributed by atoms with van der Waals surface area (Å²) in [5.41, 5.74) is 3.73. The number of sulfonamides is 1. The van der Waals surface area contributed by atoms with E-state index in [0.717, 1.165) is 16.6 Å². The van der Waals surface area contributed by atoms with Gasteiger partial charge in [0.05, 0.1) is 22.3 Å². The molecule has 7 nitrogen and oxygen atoms in total. The standard InChI is InChI=1S/C18H20N4O3S/c1-12-3-6-17(13(2)9-12)26(24,25)22-8-7-19-18(23)14-4-5-15-16(10-14)21-11-20-15/h3-6,9-11,22H,7-8H2,1-2H3,(H,19,23)(H,20,21). The molecule has 0 saturated heterocycles. The first kappa shape index (κ1) is 18.1. The molecule has 0 unspecified atom stereocenters. The lowest BCUT2D eigenvalue weighted by Crippen LogP contribution is -2.34. The molecule has 0 atom stereocenters. The molecule has 3 aromatic rings. The van der Waals surface area contributed by atoms with Crippen molar-refractivity contribution in [1.29, 1.82) is 0 Å². The van der Waals surface area contributed by atoms with Crippen molar-refractivity contribution in [2.24, 2.45) is 0 Å². The lowest BCUT2D eigenvalue weighted by Gasteiger charge is -2.10. The van der Waals surface area contributed by atoms with Gasteiger partial charge in [0.25, 0.3) is 5.91 Å². The van der Waals surface area contributed by atoms with Crippen molar-refractivity contribution in [1.82, 2.24) is 20.0 Å². The number of amides is 1. The smallest absolute Gasteiger partial charge is 0.251 e. The molecule has 0 radical (unpaired) electrons. The Labute approximate surface area is 151 Å². The number of hydrogen-bond donors (Lipinski definition) is 3. The summed E-state index contributed by atoms with van der Waals surface area (Å²) < 4.78 is 27.2. The molecule has 1 amide bonds. The molecule has 0 aliphatic heterocycles. The lowest BCUT2D eigenvalue weighted by molar-refractivity contribution is 0.0954. The van der Waals surface area contributed by atoms with Crippen LogP contribution in [0.25, 0.3) is 11.0 Å². The van der Waals surface area contributed by atoms with Crippen molar-refractivity contribution in [3.05, 3.63) is 59.4 Å². The van der Waals surface area contributed by atoms with Crippen LogP contribution in [0.15, 0.2) is 47.6 Å². The predicted octanol–water partition coefficient (Wildman–Crippen LogP) is 1.89. The monoisotopic (exact) mass is 372 g/mol. The molecule has 1 heterocycles. The van der Waals surface area contributed by atoms with E-state index >= 15 is 0 Å². The van der Waals surface area contributed by atoms with Gasteiger partial charge in [0, 0.05) is 18.7 Å². The first-order valence-electron chi connectivity index (χ1n) is 8.15. The minimum Gasteiger partial charge on any atom is -0.351 e. The summed E-state index contributed by atoms with van der Waals surface area (Å²) in [7, 11) is -3.61. The molecule has 1 aromatic heterocycles. The van der Waals surface area contributed by atoms with E-state index in [2.05, 4.69) is 20.0 Å². The Kier molecular flexibility index (Phi) is 5.06. The van der Waals surface area contributed by atoms with Crippen molar-refractivity contribution in [2.75, 3.05) is 13.1 Å². The minimum atomic E-state index is -3.61. The van der Waals surface area contributed by atoms with Gasteiger partial charge in [-0.3, -0.25) is 4.79 Å². The van der Waals surface area contributed by atoms with Crippen LogP contribution in [0.1, 0.15) is 21.5 Å². The SMILES string of the molecule is Cc1ccc(S(=O)(=O)NCCNC(=O)c2ccc3nc[nH]c3c2)c(C)c1. The van der Waals surface area contributed by atoms with Crippen molar-refractivity contribution in [2.45, 2.75) is 18.7 Å². The second-order valence-electron chi connectivity index (χ2n) is 6.06. The van der Waals surface area contributed by atoms with E-state index in [0.29, 0.717) is 11.1 Å². The molecule has 2 aromatic carbocycles. The molecule has 0 bridgehead atoms. The fraction of sp³-hybridized carbons (Fsp3) is 0.222. The van der Waals surface area contributed by atoms with Gasteiger partial charge in [0.1, 0.15) is 0 Å². The van der Waals surface area contributed by atoms with Crippen LogP contribution in [-0.4, -0.2) is 37.4 Å². The predicted molar refractivity (Wildman–Crippen MR) is 99.5 cm³/mol. The van der Waals surface area contributed by atoms with Crippen LogP contribution in [0.2, 0.25) is 0 Å². The molecular formula is C18H20N4O3S. The quantitative estimate of drug-likeness (QED) is 0.575.